The average Bonchev–Trinajstić information content (AvgIpc) is 2.57. The van der Waals surface area contributed by atoms with Crippen LogP contribution >= 0.6 is 0 Å². The maximum absolute atomic E-state index is 12.7. The summed E-state index contributed by atoms with van der Waals surface area (Å²) in [4.78, 5) is 12.7. The van der Waals surface area contributed by atoms with Crippen molar-refractivity contribution < 1.29 is 30.1 Å². The first-order chi connectivity index (χ1) is 14.1. The normalized spacial score (nSPS) is 83.2. The summed E-state index contributed by atoms with van der Waals surface area (Å²) in [6.45, 7) is 4.14. The van der Waals surface area contributed by atoms with Crippen LogP contribution in [0.1, 0.15) is 79.6 Å². The molecule has 4 aliphatic rings. The fraction of sp³-hybridized carbons (Fsp3) is 0.933. The predicted octanol–water partition coefficient (Wildman–Crippen LogP) is 3.48. The molecule has 3 heteroatoms. The molecule has 0 aliphatic heterocycles. The smallest absolute Gasteiger partial charge is 0.408 e. The lowest BCUT2D eigenvalue weighted by molar-refractivity contribution is -0.0266. The van der Waals surface area contributed by atoms with E-state index >= 15 is 0 Å². The monoisotopic (exact) mass is 266 g/mol. The second-order valence-electron chi connectivity index (χ2n) is 5.25. The van der Waals surface area contributed by atoms with Gasteiger partial charge in [0, 0.05) is 26.1 Å². The fourth-order valence-electron chi connectivity index (χ4n) is 1.86. The number of carbonyl (C=O) groups is 1. The minimum Gasteiger partial charge on any atom is -0.444 e. The van der Waals surface area contributed by atoms with Gasteiger partial charge in [-0.1, -0.05) is 0 Å². The molecular weight excluding hydrogens is 226 g/mol. The molecule has 0 saturated heterocycles. The summed E-state index contributed by atoms with van der Waals surface area (Å²) in [7, 11) is 0. The van der Waals surface area contributed by atoms with Crippen LogP contribution in [-0.4, -0.2) is 17.2 Å². The number of nitrogens with one attached hydrogen (secondary N) is 1. The second-order valence-corrected chi connectivity index (χ2v) is 5.25. The first-order valence-electron chi connectivity index (χ1n) is 13.1. The second kappa shape index (κ2) is 3.88. The molecule has 0 spiro atoms. The molecule has 0 heterocycles. The number of hydrogen-bond acceptors (Lipinski definition) is 2. The van der Waals surface area contributed by atoms with Crippen LogP contribution < -0.4 is 5.32 Å². The van der Waals surface area contributed by atoms with Crippen LogP contribution in [-0.2, 0) is 4.74 Å². The van der Waals surface area contributed by atoms with Gasteiger partial charge in [0.05, 0.1) is 0 Å². The van der Waals surface area contributed by atoms with Crippen molar-refractivity contribution in [2.75, 3.05) is 0 Å². The molecule has 0 aromatic carbocycles. The lowest BCUT2D eigenvalue weighted by atomic mass is 9.53. The topological polar surface area (TPSA) is 38.3 Å². The van der Waals surface area contributed by atoms with Crippen molar-refractivity contribution in [1.82, 2.24) is 5.32 Å². The van der Waals surface area contributed by atoms with Crippen molar-refractivity contribution in [2.45, 2.75) is 70.1 Å². The largest absolute Gasteiger partial charge is 0.444 e. The molecule has 1 amide bonds. The molecule has 18 heavy (non-hydrogen) atoms. The first-order valence-corrected chi connectivity index (χ1v) is 5.61. The summed E-state index contributed by atoms with van der Waals surface area (Å²) in [5.41, 5.74) is -5.05. The van der Waals surface area contributed by atoms with Crippen molar-refractivity contribution in [3.8, 4) is 0 Å². The molecule has 0 aromatic rings. The van der Waals surface area contributed by atoms with E-state index in [1.54, 1.807) is 5.32 Å². The van der Waals surface area contributed by atoms with Gasteiger partial charge in [-0.3, -0.25) is 0 Å². The highest BCUT2D eigenvalue weighted by molar-refractivity contribution is 5.69. The number of hydrogen-bond donors (Lipinski definition) is 1. The van der Waals surface area contributed by atoms with E-state index in [4.69, 9.17) is 25.3 Å². The highest BCUT2D eigenvalue weighted by Crippen LogP contribution is 2.55. The third kappa shape index (κ3) is 2.36. The molecule has 4 saturated carbocycles. The minimum atomic E-state index is -3.96. The summed E-state index contributed by atoms with van der Waals surface area (Å²) in [5, 5.41) is 1.69. The van der Waals surface area contributed by atoms with Crippen molar-refractivity contribution in [3.05, 3.63) is 0 Å². The van der Waals surface area contributed by atoms with E-state index in [1.807, 2.05) is 0 Å². The Morgan fingerprint density at radius 1 is 1.22 bits per heavy atom. The van der Waals surface area contributed by atoms with Gasteiger partial charge < -0.3 is 10.1 Å². The molecule has 0 atom stereocenters. The van der Waals surface area contributed by atoms with Crippen LogP contribution in [0.2, 0.25) is 0 Å². The zero-order valence-corrected chi connectivity index (χ0v) is 10.3. The molecule has 4 rings (SSSR count). The van der Waals surface area contributed by atoms with E-state index < -0.39 is 73.2 Å². The van der Waals surface area contributed by atoms with Gasteiger partial charge in [-0.25, -0.2) is 4.79 Å². The highest BCUT2D eigenvalue weighted by Gasteiger charge is 2.51. The third-order valence-electron chi connectivity index (χ3n) is 2.38. The summed E-state index contributed by atoms with van der Waals surface area (Å²) in [6.07, 6.45) is -25.3. The first kappa shape index (κ1) is 3.89. The summed E-state index contributed by atoms with van der Waals surface area (Å²) >= 11 is 0. The van der Waals surface area contributed by atoms with Crippen LogP contribution in [0.5, 0.6) is 0 Å². The van der Waals surface area contributed by atoms with Gasteiger partial charge >= 0.3 is 6.09 Å². The van der Waals surface area contributed by atoms with Gasteiger partial charge in [0.15, 0.2) is 0 Å². The molecule has 4 fully saturated rings. The van der Waals surface area contributed by atoms with Gasteiger partial charge in [0.1, 0.15) is 5.60 Å². The zero-order chi connectivity index (χ0) is 26.5. The summed E-state index contributed by atoms with van der Waals surface area (Å²) in [5.74, 6) is -11.7. The SMILES string of the molecule is [2H]C1([2H])C2([2H])C([2H])([2H])C3([2H])C([2H])([2H])C1([2H])C([2H])([2H])C(NC(=O)OC(C)(C)C)(C2([2H])[2H])C3([2H])[2H]. The highest BCUT2D eigenvalue weighted by atomic mass is 16.6. The van der Waals surface area contributed by atoms with Crippen LogP contribution in [0.15, 0.2) is 0 Å². The van der Waals surface area contributed by atoms with Gasteiger partial charge in [0.2, 0.25) is 0 Å². The molecule has 1 N–H and O–H groups in total. The Morgan fingerprint density at radius 2 is 1.67 bits per heavy atom. The molecule has 0 unspecified atom stereocenters. The minimum absolute atomic E-state index is 1.27. The van der Waals surface area contributed by atoms with Gasteiger partial charge in [-0.15, -0.1) is 0 Å². The van der Waals surface area contributed by atoms with Crippen LogP contribution in [0.4, 0.5) is 4.79 Å². The van der Waals surface area contributed by atoms with Crippen LogP contribution in [0.25, 0.3) is 0 Å². The van der Waals surface area contributed by atoms with E-state index in [0.717, 1.165) is 0 Å². The van der Waals surface area contributed by atoms with E-state index in [0.29, 0.717) is 0 Å². The molecule has 4 bridgehead atoms. The Morgan fingerprint density at radius 3 is 2.06 bits per heavy atom. The molecule has 0 radical (unpaired) electrons. The Hall–Kier alpha value is -0.730. The van der Waals surface area contributed by atoms with Gasteiger partial charge in [-0.2, -0.15) is 0 Å². The Balaban J connectivity index is 2.57. The molecule has 3 nitrogen and oxygen atoms in total. The predicted molar refractivity (Wildman–Crippen MR) is 70.3 cm³/mol. The van der Waals surface area contributed by atoms with E-state index in [2.05, 4.69) is 0 Å². The molecule has 0 aromatic heterocycles. The number of amides is 1. The third-order valence-corrected chi connectivity index (χ3v) is 2.38. The number of alkyl carbamates (subject to hydrolysis) is 1. The molecule has 4 aliphatic carbocycles. The molecular formula is C15H25NO2. The van der Waals surface area contributed by atoms with E-state index in [9.17, 15) is 4.79 Å². The van der Waals surface area contributed by atoms with E-state index in [-0.39, 0.29) is 0 Å². The lowest BCUT2D eigenvalue weighted by Gasteiger charge is -2.56. The van der Waals surface area contributed by atoms with Gasteiger partial charge in [-0.05, 0) is 76.7 Å². The standard InChI is InChI=1S/C15H25NO2/c1-14(2,3)18-13(17)16-15-7-10-4-11(8-15)6-12(5-10)9-15/h10-12H,4-9H2,1-3H3,(H,16,17)/i4D2,5D2,6D2,7D2,8D2,9D2,10D,11D,12D. The van der Waals surface area contributed by atoms with Crippen molar-refractivity contribution in [1.29, 1.82) is 0 Å². The van der Waals surface area contributed by atoms with Crippen LogP contribution in [0.3, 0.4) is 0 Å². The quantitative estimate of drug-likeness (QED) is 0.789. The van der Waals surface area contributed by atoms with E-state index in [1.165, 1.54) is 20.8 Å². The maximum atomic E-state index is 12.7. The van der Waals surface area contributed by atoms with Crippen LogP contribution in [0, 0.1) is 17.7 Å². The molecule has 102 valence electrons. The Bertz CT molecular complexity index is 810. The number of rotatable bonds is 1. The lowest BCUT2D eigenvalue weighted by Crippen LogP contribution is -2.60. The summed E-state index contributed by atoms with van der Waals surface area (Å²) < 4.78 is 133. The number of carbonyl (C=O) groups excluding carboxylic acids is 1. The maximum Gasteiger partial charge on any atom is 0.408 e. The van der Waals surface area contributed by atoms with Gasteiger partial charge in [0.25, 0.3) is 0 Å². The summed E-state index contributed by atoms with van der Waals surface area (Å²) in [6, 6.07) is 0. The number of ether oxygens (including phenoxy) is 1. The zero-order valence-electron chi connectivity index (χ0n) is 25.3. The Kier molecular flexibility index (Phi) is 0.839. The van der Waals surface area contributed by atoms with Crippen molar-refractivity contribution >= 4 is 6.09 Å². The van der Waals surface area contributed by atoms with Crippen molar-refractivity contribution in [3.63, 3.8) is 0 Å². The van der Waals surface area contributed by atoms with Crippen molar-refractivity contribution in [2.24, 2.45) is 17.7 Å². The fourth-order valence-corrected chi connectivity index (χ4v) is 1.86. The Labute approximate surface area is 131 Å². The average molecular weight is 266 g/mol.